The predicted octanol–water partition coefficient (Wildman–Crippen LogP) is 3.78. The van der Waals surface area contributed by atoms with E-state index in [0.717, 1.165) is 18.7 Å². The fraction of sp³-hybridized carbons (Fsp3) is 0.538. The Morgan fingerprint density at radius 3 is 2.94 bits per heavy atom. The summed E-state index contributed by atoms with van der Waals surface area (Å²) < 4.78 is 14.2. The summed E-state index contributed by atoms with van der Waals surface area (Å²) in [7, 11) is 0. The van der Waals surface area contributed by atoms with E-state index in [2.05, 4.69) is 11.8 Å². The number of halogens is 2. The molecule has 1 saturated heterocycles. The van der Waals surface area contributed by atoms with Crippen molar-refractivity contribution in [2.75, 3.05) is 17.2 Å². The predicted molar refractivity (Wildman–Crippen MR) is 78.8 cm³/mol. The van der Waals surface area contributed by atoms with Crippen molar-refractivity contribution >= 4 is 34.0 Å². The molecule has 1 aliphatic heterocycles. The third-order valence-corrected chi connectivity index (χ3v) is 4.30. The van der Waals surface area contributed by atoms with Gasteiger partial charge in [0.1, 0.15) is 5.82 Å². The number of anilines is 2. The summed E-state index contributed by atoms with van der Waals surface area (Å²) in [6.45, 7) is 3.17. The van der Waals surface area contributed by atoms with Gasteiger partial charge in [-0.05, 0) is 54.3 Å². The summed E-state index contributed by atoms with van der Waals surface area (Å²) in [5.41, 5.74) is 7.59. The summed E-state index contributed by atoms with van der Waals surface area (Å²) in [5.74, 6) is -0.171. The van der Waals surface area contributed by atoms with Gasteiger partial charge >= 0.3 is 0 Å². The van der Waals surface area contributed by atoms with E-state index in [1.54, 1.807) is 12.1 Å². The van der Waals surface area contributed by atoms with Crippen LogP contribution in [0, 0.1) is 9.39 Å². The zero-order valence-corrected chi connectivity index (χ0v) is 12.2. The van der Waals surface area contributed by atoms with Gasteiger partial charge in [0, 0.05) is 18.7 Å². The zero-order valence-electron chi connectivity index (χ0n) is 10.0. The summed E-state index contributed by atoms with van der Waals surface area (Å²) >= 11 is 1.98. The molecule has 0 amide bonds. The quantitative estimate of drug-likeness (QED) is 0.651. The minimum atomic E-state index is -0.171. The van der Waals surface area contributed by atoms with E-state index in [9.17, 15) is 4.39 Å². The van der Waals surface area contributed by atoms with E-state index < -0.39 is 0 Å². The lowest BCUT2D eigenvalue weighted by Crippen LogP contribution is -2.39. The first-order valence-electron chi connectivity index (χ1n) is 6.14. The maximum atomic E-state index is 13.7. The second-order valence-corrected chi connectivity index (χ2v) is 5.74. The molecule has 0 spiro atoms. The van der Waals surface area contributed by atoms with Gasteiger partial charge in [0.15, 0.2) is 0 Å². The van der Waals surface area contributed by atoms with Gasteiger partial charge in [-0.25, -0.2) is 4.39 Å². The van der Waals surface area contributed by atoms with Gasteiger partial charge in [-0.1, -0.05) is 6.92 Å². The third kappa shape index (κ3) is 2.67. The van der Waals surface area contributed by atoms with Crippen molar-refractivity contribution in [3.8, 4) is 0 Å². The molecule has 1 aromatic carbocycles. The van der Waals surface area contributed by atoms with Crippen molar-refractivity contribution < 1.29 is 4.39 Å². The Bertz CT molecular complexity index is 409. The maximum absolute atomic E-state index is 13.7. The number of hydrogen-bond donors (Lipinski definition) is 1. The van der Waals surface area contributed by atoms with Gasteiger partial charge in [0.2, 0.25) is 0 Å². The van der Waals surface area contributed by atoms with Gasteiger partial charge in [-0.3, -0.25) is 0 Å². The van der Waals surface area contributed by atoms with Crippen LogP contribution in [-0.4, -0.2) is 12.6 Å². The molecule has 1 aliphatic rings. The van der Waals surface area contributed by atoms with Crippen LogP contribution in [0.15, 0.2) is 12.1 Å². The molecule has 1 atom stereocenters. The second-order valence-electron chi connectivity index (χ2n) is 4.58. The molecule has 0 radical (unpaired) electrons. The first-order chi connectivity index (χ1) is 8.13. The topological polar surface area (TPSA) is 29.3 Å². The minimum absolute atomic E-state index is 0.171. The highest BCUT2D eigenvalue weighted by Gasteiger charge is 2.23. The highest BCUT2D eigenvalue weighted by atomic mass is 127. The van der Waals surface area contributed by atoms with Gasteiger partial charge < -0.3 is 10.6 Å². The lowest BCUT2D eigenvalue weighted by atomic mass is 9.99. The minimum Gasteiger partial charge on any atom is -0.397 e. The van der Waals surface area contributed by atoms with E-state index in [4.69, 9.17) is 5.73 Å². The van der Waals surface area contributed by atoms with Gasteiger partial charge in [-0.15, -0.1) is 0 Å². The fourth-order valence-electron chi connectivity index (χ4n) is 2.54. The molecule has 94 valence electrons. The standard InChI is InChI=1S/C13H18FIN2/c1-2-9-5-3-4-6-17(9)13-7-10(14)11(15)8-12(13)16/h7-9H,2-6,16H2,1H3. The molecule has 2 N–H and O–H groups in total. The van der Waals surface area contributed by atoms with Gasteiger partial charge in [-0.2, -0.15) is 0 Å². The number of nitrogens with two attached hydrogens (primary N) is 1. The van der Waals surface area contributed by atoms with Crippen molar-refractivity contribution in [1.82, 2.24) is 0 Å². The van der Waals surface area contributed by atoms with Crippen LogP contribution in [0.4, 0.5) is 15.8 Å². The molecule has 1 fully saturated rings. The summed E-state index contributed by atoms with van der Waals surface area (Å²) in [4.78, 5) is 2.28. The van der Waals surface area contributed by atoms with Crippen molar-refractivity contribution in [2.45, 2.75) is 38.6 Å². The Hall–Kier alpha value is -0.520. The highest BCUT2D eigenvalue weighted by Crippen LogP contribution is 2.33. The molecule has 2 nitrogen and oxygen atoms in total. The van der Waals surface area contributed by atoms with Crippen LogP contribution in [-0.2, 0) is 0 Å². The highest BCUT2D eigenvalue weighted by molar-refractivity contribution is 14.1. The molecule has 17 heavy (non-hydrogen) atoms. The SMILES string of the molecule is CCC1CCCCN1c1cc(F)c(I)cc1N. The first-order valence-corrected chi connectivity index (χ1v) is 7.22. The summed E-state index contributed by atoms with van der Waals surface area (Å²) in [6.07, 6.45) is 4.71. The Labute approximate surface area is 116 Å². The third-order valence-electron chi connectivity index (χ3n) is 3.48. The number of hydrogen-bond acceptors (Lipinski definition) is 2. The van der Waals surface area contributed by atoms with E-state index >= 15 is 0 Å². The Kier molecular flexibility index (Phi) is 4.12. The van der Waals surface area contributed by atoms with Gasteiger partial charge in [0.25, 0.3) is 0 Å². The van der Waals surface area contributed by atoms with Crippen molar-refractivity contribution in [3.63, 3.8) is 0 Å². The molecule has 1 aromatic rings. The number of rotatable bonds is 2. The van der Waals surface area contributed by atoms with E-state index in [1.807, 2.05) is 22.6 Å². The van der Waals surface area contributed by atoms with Crippen LogP contribution in [0.1, 0.15) is 32.6 Å². The molecule has 0 aromatic heterocycles. The second kappa shape index (κ2) is 5.42. The van der Waals surface area contributed by atoms with Gasteiger partial charge in [0.05, 0.1) is 14.9 Å². The molecule has 0 bridgehead atoms. The first kappa shape index (κ1) is 12.9. The van der Waals surface area contributed by atoms with E-state index in [1.165, 1.54) is 19.3 Å². The number of nitrogen functional groups attached to an aromatic ring is 1. The largest absolute Gasteiger partial charge is 0.397 e. The lowest BCUT2D eigenvalue weighted by molar-refractivity contribution is 0.449. The summed E-state index contributed by atoms with van der Waals surface area (Å²) in [6, 6.07) is 3.82. The summed E-state index contributed by atoms with van der Waals surface area (Å²) in [5, 5.41) is 0. The molecule has 0 aliphatic carbocycles. The van der Waals surface area contributed by atoms with Crippen LogP contribution in [0.25, 0.3) is 0 Å². The molecular weight excluding hydrogens is 330 g/mol. The molecular formula is C13H18FIN2. The van der Waals surface area contributed by atoms with Crippen molar-refractivity contribution in [1.29, 1.82) is 0 Å². The monoisotopic (exact) mass is 348 g/mol. The van der Waals surface area contributed by atoms with Crippen LogP contribution >= 0.6 is 22.6 Å². The molecule has 0 saturated carbocycles. The van der Waals surface area contributed by atoms with Crippen LogP contribution < -0.4 is 10.6 Å². The average molecular weight is 348 g/mol. The molecule has 2 rings (SSSR count). The molecule has 1 heterocycles. The van der Waals surface area contributed by atoms with Crippen molar-refractivity contribution in [3.05, 3.63) is 21.5 Å². The van der Waals surface area contributed by atoms with Crippen LogP contribution in [0.5, 0.6) is 0 Å². The molecule has 1 unspecified atom stereocenters. The number of nitrogens with zero attached hydrogens (tertiary/aromatic N) is 1. The Morgan fingerprint density at radius 1 is 1.47 bits per heavy atom. The number of benzene rings is 1. The zero-order chi connectivity index (χ0) is 12.4. The lowest BCUT2D eigenvalue weighted by Gasteiger charge is -2.37. The van der Waals surface area contributed by atoms with E-state index in [-0.39, 0.29) is 5.82 Å². The Balaban J connectivity index is 2.34. The van der Waals surface area contributed by atoms with E-state index in [0.29, 0.717) is 15.3 Å². The molecule has 4 heteroatoms. The fourth-order valence-corrected chi connectivity index (χ4v) is 3.03. The van der Waals surface area contributed by atoms with Crippen molar-refractivity contribution in [2.24, 2.45) is 0 Å². The van der Waals surface area contributed by atoms with Crippen LogP contribution in [0.3, 0.4) is 0 Å². The number of piperidine rings is 1. The Morgan fingerprint density at radius 2 is 2.24 bits per heavy atom. The smallest absolute Gasteiger partial charge is 0.138 e. The maximum Gasteiger partial charge on any atom is 0.138 e. The normalized spacial score (nSPS) is 20.6. The average Bonchev–Trinajstić information content (AvgIpc) is 2.34. The van der Waals surface area contributed by atoms with Crippen LogP contribution in [0.2, 0.25) is 0 Å².